The van der Waals surface area contributed by atoms with E-state index in [4.69, 9.17) is 16.3 Å². The highest BCUT2D eigenvalue weighted by Crippen LogP contribution is 2.28. The maximum absolute atomic E-state index is 12.4. The lowest BCUT2D eigenvalue weighted by Gasteiger charge is -2.09. The summed E-state index contributed by atoms with van der Waals surface area (Å²) in [4.78, 5) is 12.4. The number of ether oxygens (including phenoxy) is 1. The normalized spacial score (nSPS) is 10.9. The molecule has 0 fully saturated rings. The third-order valence-corrected chi connectivity index (χ3v) is 5.08. The molecule has 0 bridgehead atoms. The van der Waals surface area contributed by atoms with Crippen molar-refractivity contribution in [1.82, 2.24) is 0 Å². The Kier molecular flexibility index (Phi) is 7.29. The minimum atomic E-state index is -0.459. The first kappa shape index (κ1) is 21.6. The van der Waals surface area contributed by atoms with E-state index in [0.717, 1.165) is 15.6 Å². The highest BCUT2D eigenvalue weighted by molar-refractivity contribution is 9.10. The molecule has 0 aliphatic heterocycles. The summed E-state index contributed by atoms with van der Waals surface area (Å²) in [6.45, 7) is 2.34. The molecule has 0 aliphatic rings. The summed E-state index contributed by atoms with van der Waals surface area (Å²) in [5, 5.41) is 12.8. The number of hydrogen-bond acceptors (Lipinski definition) is 3. The van der Waals surface area contributed by atoms with E-state index in [9.17, 15) is 10.1 Å². The Labute approximate surface area is 188 Å². The summed E-state index contributed by atoms with van der Waals surface area (Å²) in [7, 11) is 0. The third-order valence-electron chi connectivity index (χ3n) is 4.22. The van der Waals surface area contributed by atoms with Crippen LogP contribution in [0.1, 0.15) is 16.7 Å². The summed E-state index contributed by atoms with van der Waals surface area (Å²) in [6.07, 6.45) is 1.54. The van der Waals surface area contributed by atoms with Gasteiger partial charge in [0.15, 0.2) is 0 Å². The van der Waals surface area contributed by atoms with E-state index in [0.29, 0.717) is 28.6 Å². The number of amides is 1. The first-order valence-electron chi connectivity index (χ1n) is 9.11. The molecular formula is C24H18BrClN2O2. The quantitative estimate of drug-likeness (QED) is 0.321. The van der Waals surface area contributed by atoms with Crippen LogP contribution in [0.5, 0.6) is 5.75 Å². The second-order valence-corrected chi connectivity index (χ2v) is 7.89. The fourth-order valence-electron chi connectivity index (χ4n) is 2.66. The molecule has 0 unspecified atom stereocenters. The fourth-order valence-corrected chi connectivity index (χ4v) is 3.39. The maximum Gasteiger partial charge on any atom is 0.266 e. The molecule has 4 nitrogen and oxygen atoms in total. The number of nitrogens with one attached hydrogen (secondary N) is 1. The van der Waals surface area contributed by atoms with Gasteiger partial charge in [0.1, 0.15) is 24.0 Å². The van der Waals surface area contributed by atoms with Crippen molar-refractivity contribution in [2.24, 2.45) is 0 Å². The van der Waals surface area contributed by atoms with Crippen molar-refractivity contribution in [3.8, 4) is 11.8 Å². The fraction of sp³-hybridized carbons (Fsp3) is 0.0833. The van der Waals surface area contributed by atoms with Crippen LogP contribution in [0.3, 0.4) is 0 Å². The highest BCUT2D eigenvalue weighted by Gasteiger charge is 2.10. The molecule has 3 aromatic rings. The van der Waals surface area contributed by atoms with Gasteiger partial charge >= 0.3 is 0 Å². The Morgan fingerprint density at radius 3 is 2.60 bits per heavy atom. The van der Waals surface area contributed by atoms with Gasteiger partial charge < -0.3 is 10.1 Å². The standard InChI is InChI=1S/C24H18BrClN2O2/c1-16-5-8-21(9-6-16)28-24(29)19(14-27)11-17-7-10-23(22(25)13-17)30-15-18-3-2-4-20(26)12-18/h2-13H,15H2,1H3,(H,28,29)/b19-11+. The second-order valence-electron chi connectivity index (χ2n) is 6.60. The monoisotopic (exact) mass is 480 g/mol. The van der Waals surface area contributed by atoms with E-state index in [-0.39, 0.29) is 5.57 Å². The van der Waals surface area contributed by atoms with Crippen molar-refractivity contribution < 1.29 is 9.53 Å². The number of benzene rings is 3. The number of carbonyl (C=O) groups is 1. The Hall–Kier alpha value is -3.07. The summed E-state index contributed by atoms with van der Waals surface area (Å²) >= 11 is 9.47. The predicted octanol–water partition coefficient (Wildman–Crippen LogP) is 6.54. The van der Waals surface area contributed by atoms with Gasteiger partial charge in [0.05, 0.1) is 4.47 Å². The van der Waals surface area contributed by atoms with Crippen LogP contribution in [0, 0.1) is 18.3 Å². The molecule has 150 valence electrons. The van der Waals surface area contributed by atoms with Gasteiger partial charge in [-0.15, -0.1) is 0 Å². The van der Waals surface area contributed by atoms with Crippen LogP contribution in [-0.4, -0.2) is 5.91 Å². The number of anilines is 1. The van der Waals surface area contributed by atoms with Gasteiger partial charge in [0, 0.05) is 10.7 Å². The molecule has 0 aliphatic carbocycles. The summed E-state index contributed by atoms with van der Waals surface area (Å²) in [5.41, 5.74) is 3.39. The van der Waals surface area contributed by atoms with Gasteiger partial charge in [-0.25, -0.2) is 0 Å². The van der Waals surface area contributed by atoms with Gasteiger partial charge in [-0.3, -0.25) is 4.79 Å². The maximum atomic E-state index is 12.4. The number of hydrogen-bond donors (Lipinski definition) is 1. The largest absolute Gasteiger partial charge is 0.488 e. The van der Waals surface area contributed by atoms with E-state index in [2.05, 4.69) is 21.2 Å². The second kappa shape index (κ2) is 10.1. The number of rotatable bonds is 6. The molecule has 0 radical (unpaired) electrons. The van der Waals surface area contributed by atoms with E-state index in [1.807, 2.05) is 49.4 Å². The molecule has 0 saturated carbocycles. The van der Waals surface area contributed by atoms with Gasteiger partial charge in [0.2, 0.25) is 0 Å². The number of halogens is 2. The zero-order chi connectivity index (χ0) is 21.5. The van der Waals surface area contributed by atoms with Crippen LogP contribution < -0.4 is 10.1 Å². The molecule has 0 atom stereocenters. The Balaban J connectivity index is 1.70. The molecule has 3 rings (SSSR count). The molecular weight excluding hydrogens is 464 g/mol. The smallest absolute Gasteiger partial charge is 0.266 e. The van der Waals surface area contributed by atoms with E-state index < -0.39 is 5.91 Å². The lowest BCUT2D eigenvalue weighted by Crippen LogP contribution is -2.13. The van der Waals surface area contributed by atoms with Crippen LogP contribution in [-0.2, 0) is 11.4 Å². The van der Waals surface area contributed by atoms with Crippen molar-refractivity contribution in [2.75, 3.05) is 5.32 Å². The first-order valence-corrected chi connectivity index (χ1v) is 10.3. The Bertz CT molecular complexity index is 1130. The van der Waals surface area contributed by atoms with Gasteiger partial charge in [-0.2, -0.15) is 5.26 Å². The van der Waals surface area contributed by atoms with Crippen molar-refractivity contribution in [3.05, 3.63) is 98.5 Å². The minimum absolute atomic E-state index is 0.00932. The minimum Gasteiger partial charge on any atom is -0.488 e. The average Bonchev–Trinajstić information content (AvgIpc) is 2.73. The van der Waals surface area contributed by atoms with E-state index in [1.165, 1.54) is 6.08 Å². The average molecular weight is 482 g/mol. The third kappa shape index (κ3) is 5.96. The molecule has 0 heterocycles. The van der Waals surface area contributed by atoms with Crippen LogP contribution >= 0.6 is 27.5 Å². The Morgan fingerprint density at radius 1 is 1.17 bits per heavy atom. The van der Waals surface area contributed by atoms with E-state index in [1.54, 1.807) is 30.3 Å². The molecule has 1 amide bonds. The number of nitrogens with zero attached hydrogens (tertiary/aromatic N) is 1. The molecule has 0 aromatic heterocycles. The molecule has 0 saturated heterocycles. The number of nitriles is 1. The molecule has 3 aromatic carbocycles. The lowest BCUT2D eigenvalue weighted by molar-refractivity contribution is -0.112. The summed E-state index contributed by atoms with van der Waals surface area (Å²) < 4.78 is 6.55. The van der Waals surface area contributed by atoms with Crippen LogP contribution in [0.25, 0.3) is 6.08 Å². The van der Waals surface area contributed by atoms with Crippen molar-refractivity contribution in [1.29, 1.82) is 5.26 Å². The van der Waals surface area contributed by atoms with Crippen molar-refractivity contribution in [3.63, 3.8) is 0 Å². The number of carbonyl (C=O) groups excluding carboxylic acids is 1. The van der Waals surface area contributed by atoms with Gasteiger partial charge in [-0.1, -0.05) is 47.5 Å². The predicted molar refractivity (Wildman–Crippen MR) is 123 cm³/mol. The zero-order valence-corrected chi connectivity index (χ0v) is 18.5. The molecule has 1 N–H and O–H groups in total. The molecule has 6 heteroatoms. The highest BCUT2D eigenvalue weighted by atomic mass is 79.9. The SMILES string of the molecule is Cc1ccc(NC(=O)/C(C#N)=C/c2ccc(OCc3cccc(Cl)c3)c(Br)c2)cc1. The topological polar surface area (TPSA) is 62.1 Å². The van der Waals surface area contributed by atoms with Crippen molar-refractivity contribution in [2.45, 2.75) is 13.5 Å². The van der Waals surface area contributed by atoms with Crippen molar-refractivity contribution >= 4 is 45.2 Å². The number of aryl methyl sites for hydroxylation is 1. The molecule has 0 spiro atoms. The zero-order valence-electron chi connectivity index (χ0n) is 16.2. The van der Waals surface area contributed by atoms with Crippen LogP contribution in [0.15, 0.2) is 76.8 Å². The van der Waals surface area contributed by atoms with E-state index >= 15 is 0 Å². The van der Waals surface area contributed by atoms with Crippen LogP contribution in [0.4, 0.5) is 5.69 Å². The van der Waals surface area contributed by atoms with Crippen LogP contribution in [0.2, 0.25) is 5.02 Å². The Morgan fingerprint density at radius 2 is 1.93 bits per heavy atom. The summed E-state index contributed by atoms with van der Waals surface area (Å²) in [6, 6.07) is 22.2. The first-order chi connectivity index (χ1) is 14.4. The summed E-state index contributed by atoms with van der Waals surface area (Å²) in [5.74, 6) is 0.188. The molecule has 30 heavy (non-hydrogen) atoms. The lowest BCUT2D eigenvalue weighted by atomic mass is 10.1. The van der Waals surface area contributed by atoms with Gasteiger partial charge in [-0.05, 0) is 76.5 Å². The van der Waals surface area contributed by atoms with Gasteiger partial charge in [0.25, 0.3) is 5.91 Å².